The van der Waals surface area contributed by atoms with Crippen LogP contribution >= 0.6 is 0 Å². The molecular formula is C21H20N2. The van der Waals surface area contributed by atoms with Gasteiger partial charge >= 0.3 is 0 Å². The van der Waals surface area contributed by atoms with E-state index in [-0.39, 0.29) is 0 Å². The van der Waals surface area contributed by atoms with Crippen LogP contribution in [0.1, 0.15) is 16.7 Å². The quantitative estimate of drug-likeness (QED) is 0.529. The van der Waals surface area contributed by atoms with Crippen molar-refractivity contribution in [3.05, 3.63) is 102 Å². The number of hydrogen-bond donors (Lipinski definition) is 1. The smallest absolute Gasteiger partial charge is 0.133 e. The predicted octanol–water partition coefficient (Wildman–Crippen LogP) is 5.05. The van der Waals surface area contributed by atoms with Crippen molar-refractivity contribution in [2.75, 3.05) is 5.32 Å². The van der Waals surface area contributed by atoms with Gasteiger partial charge in [0, 0.05) is 11.3 Å². The van der Waals surface area contributed by atoms with Gasteiger partial charge in [-0.15, -0.1) is 0 Å². The van der Waals surface area contributed by atoms with E-state index in [0.29, 0.717) is 6.54 Å². The molecule has 0 bridgehead atoms. The average molecular weight is 300 g/mol. The maximum absolute atomic E-state index is 4.79. The van der Waals surface area contributed by atoms with Crippen LogP contribution in [0.5, 0.6) is 0 Å². The highest BCUT2D eigenvalue weighted by molar-refractivity contribution is 6.08. The Balaban J connectivity index is 1.87. The molecule has 0 atom stereocenters. The number of anilines is 1. The molecule has 0 fully saturated rings. The highest BCUT2D eigenvalue weighted by Crippen LogP contribution is 2.12. The molecule has 0 radical (unpaired) electrons. The SMILES string of the molecule is Cc1ccc(C(=NCc2ccccc2)Nc2ccccc2)cc1. The molecule has 0 heterocycles. The molecular weight excluding hydrogens is 280 g/mol. The lowest BCUT2D eigenvalue weighted by Crippen LogP contribution is -2.14. The summed E-state index contributed by atoms with van der Waals surface area (Å²) >= 11 is 0. The van der Waals surface area contributed by atoms with Gasteiger partial charge in [0.2, 0.25) is 0 Å². The zero-order valence-electron chi connectivity index (χ0n) is 13.2. The molecule has 3 rings (SSSR count). The van der Waals surface area contributed by atoms with Crippen molar-refractivity contribution in [1.82, 2.24) is 0 Å². The fourth-order valence-electron chi connectivity index (χ4n) is 2.33. The van der Waals surface area contributed by atoms with Crippen LogP contribution in [0, 0.1) is 6.92 Å². The molecule has 1 N–H and O–H groups in total. The summed E-state index contributed by atoms with van der Waals surface area (Å²) in [6.07, 6.45) is 0. The van der Waals surface area contributed by atoms with Gasteiger partial charge in [0.15, 0.2) is 0 Å². The van der Waals surface area contributed by atoms with Gasteiger partial charge in [0.1, 0.15) is 5.84 Å². The van der Waals surface area contributed by atoms with Crippen LogP contribution in [-0.4, -0.2) is 5.84 Å². The van der Waals surface area contributed by atoms with Gasteiger partial charge in [-0.05, 0) is 24.6 Å². The summed E-state index contributed by atoms with van der Waals surface area (Å²) in [4.78, 5) is 4.79. The summed E-state index contributed by atoms with van der Waals surface area (Å²) in [5.74, 6) is 0.889. The number of aryl methyl sites for hydroxylation is 1. The van der Waals surface area contributed by atoms with E-state index in [1.54, 1.807) is 0 Å². The van der Waals surface area contributed by atoms with Gasteiger partial charge < -0.3 is 5.32 Å². The molecule has 0 saturated heterocycles. The van der Waals surface area contributed by atoms with E-state index in [2.05, 4.69) is 48.6 Å². The number of para-hydroxylation sites is 1. The Morgan fingerprint density at radius 1 is 0.783 bits per heavy atom. The molecule has 3 aromatic rings. The van der Waals surface area contributed by atoms with E-state index in [4.69, 9.17) is 4.99 Å². The van der Waals surface area contributed by atoms with Gasteiger partial charge in [-0.2, -0.15) is 0 Å². The number of nitrogens with one attached hydrogen (secondary N) is 1. The molecule has 0 amide bonds. The first-order valence-electron chi connectivity index (χ1n) is 7.79. The summed E-state index contributed by atoms with van der Waals surface area (Å²) < 4.78 is 0. The summed E-state index contributed by atoms with van der Waals surface area (Å²) in [6.45, 7) is 2.75. The third kappa shape index (κ3) is 4.30. The lowest BCUT2D eigenvalue weighted by atomic mass is 10.1. The number of nitrogens with zero attached hydrogens (tertiary/aromatic N) is 1. The van der Waals surface area contributed by atoms with Crippen LogP contribution in [0.2, 0.25) is 0 Å². The van der Waals surface area contributed by atoms with Gasteiger partial charge in [0.25, 0.3) is 0 Å². The molecule has 0 saturated carbocycles. The number of benzene rings is 3. The van der Waals surface area contributed by atoms with Crippen LogP contribution < -0.4 is 5.32 Å². The zero-order valence-corrected chi connectivity index (χ0v) is 13.2. The van der Waals surface area contributed by atoms with Gasteiger partial charge in [-0.1, -0.05) is 78.4 Å². The summed E-state index contributed by atoms with van der Waals surface area (Å²) in [6, 6.07) is 28.9. The molecule has 114 valence electrons. The van der Waals surface area contributed by atoms with Crippen molar-refractivity contribution in [3.63, 3.8) is 0 Å². The van der Waals surface area contributed by atoms with Crippen LogP contribution in [0.15, 0.2) is 89.9 Å². The lowest BCUT2D eigenvalue weighted by Gasteiger charge is -2.11. The first-order valence-corrected chi connectivity index (χ1v) is 7.79. The monoisotopic (exact) mass is 300 g/mol. The minimum atomic E-state index is 0.657. The van der Waals surface area contributed by atoms with E-state index in [0.717, 1.165) is 17.1 Å². The van der Waals surface area contributed by atoms with E-state index >= 15 is 0 Å². The fraction of sp³-hybridized carbons (Fsp3) is 0.0952. The van der Waals surface area contributed by atoms with Crippen LogP contribution in [-0.2, 0) is 6.54 Å². The van der Waals surface area contributed by atoms with Crippen LogP contribution in [0.25, 0.3) is 0 Å². The number of rotatable bonds is 4. The highest BCUT2D eigenvalue weighted by Gasteiger charge is 2.04. The number of hydrogen-bond acceptors (Lipinski definition) is 1. The summed E-state index contributed by atoms with van der Waals surface area (Å²) in [7, 11) is 0. The second-order valence-electron chi connectivity index (χ2n) is 5.51. The van der Waals surface area contributed by atoms with Gasteiger partial charge in [-0.25, -0.2) is 0 Å². The Labute approximate surface area is 137 Å². The van der Waals surface area contributed by atoms with E-state index in [9.17, 15) is 0 Å². The Hall–Kier alpha value is -2.87. The molecule has 0 spiro atoms. The topological polar surface area (TPSA) is 24.4 Å². The molecule has 0 aliphatic carbocycles. The van der Waals surface area contributed by atoms with E-state index < -0.39 is 0 Å². The van der Waals surface area contributed by atoms with Crippen LogP contribution in [0.4, 0.5) is 5.69 Å². The predicted molar refractivity (Wildman–Crippen MR) is 97.9 cm³/mol. The lowest BCUT2D eigenvalue weighted by molar-refractivity contribution is 1.07. The minimum Gasteiger partial charge on any atom is -0.340 e. The molecule has 2 heteroatoms. The van der Waals surface area contributed by atoms with Gasteiger partial charge in [0.05, 0.1) is 6.54 Å². The van der Waals surface area contributed by atoms with Crippen molar-refractivity contribution in [3.8, 4) is 0 Å². The fourth-order valence-corrected chi connectivity index (χ4v) is 2.33. The third-order valence-electron chi connectivity index (χ3n) is 3.62. The number of amidine groups is 1. The Morgan fingerprint density at radius 2 is 1.39 bits per heavy atom. The largest absolute Gasteiger partial charge is 0.340 e. The maximum Gasteiger partial charge on any atom is 0.133 e. The summed E-state index contributed by atoms with van der Waals surface area (Å²) in [5.41, 5.74) is 4.58. The third-order valence-corrected chi connectivity index (χ3v) is 3.62. The van der Waals surface area contributed by atoms with Crippen molar-refractivity contribution in [2.45, 2.75) is 13.5 Å². The Kier molecular flexibility index (Phi) is 4.85. The molecule has 2 nitrogen and oxygen atoms in total. The molecule has 0 aliphatic heterocycles. The van der Waals surface area contributed by atoms with E-state index in [1.165, 1.54) is 11.1 Å². The van der Waals surface area contributed by atoms with Crippen molar-refractivity contribution in [1.29, 1.82) is 0 Å². The normalized spacial score (nSPS) is 11.3. The Morgan fingerprint density at radius 3 is 2.04 bits per heavy atom. The van der Waals surface area contributed by atoms with Crippen LogP contribution in [0.3, 0.4) is 0 Å². The molecule has 3 aromatic carbocycles. The highest BCUT2D eigenvalue weighted by atomic mass is 15.0. The zero-order chi connectivity index (χ0) is 15.9. The van der Waals surface area contributed by atoms with Crippen molar-refractivity contribution >= 4 is 11.5 Å². The molecule has 0 aromatic heterocycles. The first-order chi connectivity index (χ1) is 11.3. The molecule has 23 heavy (non-hydrogen) atoms. The van der Waals surface area contributed by atoms with Crippen molar-refractivity contribution in [2.24, 2.45) is 4.99 Å². The van der Waals surface area contributed by atoms with Gasteiger partial charge in [-0.3, -0.25) is 4.99 Å². The standard InChI is InChI=1S/C21H20N2/c1-17-12-14-19(15-13-17)21(23-20-10-6-3-7-11-20)22-16-18-8-4-2-5-9-18/h2-15H,16H2,1H3,(H,22,23). The number of aliphatic imine (C=N–C) groups is 1. The average Bonchev–Trinajstić information content (AvgIpc) is 2.61. The second-order valence-corrected chi connectivity index (χ2v) is 5.51. The first kappa shape index (κ1) is 15.0. The summed E-state index contributed by atoms with van der Waals surface area (Å²) in [5, 5.41) is 3.43. The molecule has 0 unspecified atom stereocenters. The second kappa shape index (κ2) is 7.41. The van der Waals surface area contributed by atoms with Crippen molar-refractivity contribution < 1.29 is 0 Å². The van der Waals surface area contributed by atoms with E-state index in [1.807, 2.05) is 48.5 Å². The minimum absolute atomic E-state index is 0.657. The molecule has 0 aliphatic rings. The Bertz CT molecular complexity index is 760. The maximum atomic E-state index is 4.79.